The van der Waals surface area contributed by atoms with E-state index in [4.69, 9.17) is 0 Å². The van der Waals surface area contributed by atoms with E-state index in [0.717, 1.165) is 5.57 Å². The van der Waals surface area contributed by atoms with Crippen molar-refractivity contribution < 1.29 is 5.11 Å². The first-order valence-corrected chi connectivity index (χ1v) is 5.06. The van der Waals surface area contributed by atoms with Crippen molar-refractivity contribution in [3.05, 3.63) is 11.6 Å². The van der Waals surface area contributed by atoms with E-state index < -0.39 is 0 Å². The quantitative estimate of drug-likeness (QED) is 0.629. The second-order valence-electron chi connectivity index (χ2n) is 3.88. The Kier molecular flexibility index (Phi) is 3.80. The van der Waals surface area contributed by atoms with Crippen molar-refractivity contribution in [3.8, 4) is 0 Å². The maximum atomic E-state index is 9.87. The van der Waals surface area contributed by atoms with Crippen LogP contribution in [-0.2, 0) is 0 Å². The molecule has 0 radical (unpaired) electrons. The second kappa shape index (κ2) is 4.66. The summed E-state index contributed by atoms with van der Waals surface area (Å²) >= 11 is 0. The van der Waals surface area contributed by atoms with Crippen LogP contribution in [0.25, 0.3) is 0 Å². The van der Waals surface area contributed by atoms with E-state index >= 15 is 0 Å². The van der Waals surface area contributed by atoms with Crippen LogP contribution in [0.3, 0.4) is 0 Å². The molecule has 0 spiro atoms. The summed E-state index contributed by atoms with van der Waals surface area (Å²) in [5, 5.41) is 9.87. The SMILES string of the molecule is C/C=C(\C)[C@@H](O)C1CCCCC1. The van der Waals surface area contributed by atoms with E-state index in [0.29, 0.717) is 5.92 Å². The molecule has 1 rings (SSSR count). The third-order valence-corrected chi connectivity index (χ3v) is 3.02. The van der Waals surface area contributed by atoms with Crippen molar-refractivity contribution in [3.63, 3.8) is 0 Å². The van der Waals surface area contributed by atoms with Gasteiger partial charge >= 0.3 is 0 Å². The largest absolute Gasteiger partial charge is 0.388 e. The Hall–Kier alpha value is -0.300. The summed E-state index contributed by atoms with van der Waals surface area (Å²) in [4.78, 5) is 0. The first-order valence-electron chi connectivity index (χ1n) is 5.06. The molecule has 0 aliphatic heterocycles. The Morgan fingerprint density at radius 3 is 2.42 bits per heavy atom. The summed E-state index contributed by atoms with van der Waals surface area (Å²) in [5.41, 5.74) is 1.14. The Labute approximate surface area is 75.5 Å². The predicted octanol–water partition coefficient (Wildman–Crippen LogP) is 2.89. The van der Waals surface area contributed by atoms with Gasteiger partial charge in [-0.15, -0.1) is 0 Å². The molecule has 1 N–H and O–H groups in total. The van der Waals surface area contributed by atoms with Crippen molar-refractivity contribution in [1.82, 2.24) is 0 Å². The third kappa shape index (κ3) is 2.34. The van der Waals surface area contributed by atoms with E-state index in [1.807, 2.05) is 19.9 Å². The number of hydrogen-bond donors (Lipinski definition) is 1. The Bertz CT molecular complexity index is 154. The Morgan fingerprint density at radius 2 is 1.92 bits per heavy atom. The van der Waals surface area contributed by atoms with Gasteiger partial charge in [-0.3, -0.25) is 0 Å². The van der Waals surface area contributed by atoms with Gasteiger partial charge in [0.2, 0.25) is 0 Å². The third-order valence-electron chi connectivity index (χ3n) is 3.02. The van der Waals surface area contributed by atoms with E-state index in [1.165, 1.54) is 32.1 Å². The summed E-state index contributed by atoms with van der Waals surface area (Å²) in [6.07, 6.45) is 8.25. The van der Waals surface area contributed by atoms with E-state index in [2.05, 4.69) is 0 Å². The van der Waals surface area contributed by atoms with Gasteiger partial charge in [0.15, 0.2) is 0 Å². The van der Waals surface area contributed by atoms with E-state index in [9.17, 15) is 5.11 Å². The van der Waals surface area contributed by atoms with E-state index in [1.54, 1.807) is 0 Å². The van der Waals surface area contributed by atoms with Crippen LogP contribution in [0, 0.1) is 5.92 Å². The molecule has 1 heteroatoms. The Balaban J connectivity index is 2.44. The minimum atomic E-state index is -0.171. The van der Waals surface area contributed by atoms with Gasteiger partial charge in [0.05, 0.1) is 6.10 Å². The zero-order valence-corrected chi connectivity index (χ0v) is 8.21. The monoisotopic (exact) mass is 168 g/mol. The van der Waals surface area contributed by atoms with Gasteiger partial charge < -0.3 is 5.11 Å². The van der Waals surface area contributed by atoms with Gasteiger partial charge in [0.25, 0.3) is 0 Å². The molecule has 1 nitrogen and oxygen atoms in total. The minimum Gasteiger partial charge on any atom is -0.388 e. The van der Waals surface area contributed by atoms with Crippen LogP contribution in [0.15, 0.2) is 11.6 Å². The van der Waals surface area contributed by atoms with Crippen molar-refractivity contribution in [2.24, 2.45) is 5.92 Å². The van der Waals surface area contributed by atoms with Gasteiger partial charge in [0, 0.05) is 0 Å². The highest BCUT2D eigenvalue weighted by molar-refractivity contribution is 5.05. The average Bonchev–Trinajstić information content (AvgIpc) is 2.17. The maximum Gasteiger partial charge on any atom is 0.0775 e. The highest BCUT2D eigenvalue weighted by Gasteiger charge is 2.21. The highest BCUT2D eigenvalue weighted by Crippen LogP contribution is 2.28. The summed E-state index contributed by atoms with van der Waals surface area (Å²) in [6.45, 7) is 4.03. The van der Waals surface area contributed by atoms with Gasteiger partial charge in [-0.1, -0.05) is 25.3 Å². The molecule has 0 bridgehead atoms. The minimum absolute atomic E-state index is 0.171. The van der Waals surface area contributed by atoms with Gasteiger partial charge in [-0.25, -0.2) is 0 Å². The number of hydrogen-bond acceptors (Lipinski definition) is 1. The maximum absolute atomic E-state index is 9.87. The zero-order valence-electron chi connectivity index (χ0n) is 8.21. The zero-order chi connectivity index (χ0) is 8.97. The molecule has 1 fully saturated rings. The van der Waals surface area contributed by atoms with Crippen LogP contribution < -0.4 is 0 Å². The van der Waals surface area contributed by atoms with Gasteiger partial charge in [-0.05, 0) is 38.2 Å². The molecule has 1 atom stereocenters. The second-order valence-corrected chi connectivity index (χ2v) is 3.88. The summed E-state index contributed by atoms with van der Waals surface area (Å²) in [7, 11) is 0. The van der Waals surface area contributed by atoms with Crippen LogP contribution in [0.1, 0.15) is 46.0 Å². The lowest BCUT2D eigenvalue weighted by molar-refractivity contribution is 0.115. The van der Waals surface area contributed by atoms with Gasteiger partial charge in [-0.2, -0.15) is 0 Å². The highest BCUT2D eigenvalue weighted by atomic mass is 16.3. The summed E-state index contributed by atoms with van der Waals surface area (Å²) in [5.74, 6) is 0.537. The summed E-state index contributed by atoms with van der Waals surface area (Å²) in [6, 6.07) is 0. The molecule has 0 amide bonds. The average molecular weight is 168 g/mol. The lowest BCUT2D eigenvalue weighted by atomic mass is 9.83. The van der Waals surface area contributed by atoms with Crippen LogP contribution in [-0.4, -0.2) is 11.2 Å². The van der Waals surface area contributed by atoms with Crippen LogP contribution in [0.2, 0.25) is 0 Å². The van der Waals surface area contributed by atoms with Crippen molar-refractivity contribution >= 4 is 0 Å². The first kappa shape index (κ1) is 9.79. The molecule has 0 aromatic heterocycles. The molecule has 70 valence electrons. The lowest BCUT2D eigenvalue weighted by Crippen LogP contribution is -2.23. The number of aliphatic hydroxyl groups excluding tert-OH is 1. The molecular weight excluding hydrogens is 148 g/mol. The molecule has 0 unspecified atom stereocenters. The van der Waals surface area contributed by atoms with Crippen molar-refractivity contribution in [1.29, 1.82) is 0 Å². The molecule has 12 heavy (non-hydrogen) atoms. The van der Waals surface area contributed by atoms with Crippen molar-refractivity contribution in [2.75, 3.05) is 0 Å². The Morgan fingerprint density at radius 1 is 1.33 bits per heavy atom. The van der Waals surface area contributed by atoms with Crippen LogP contribution >= 0.6 is 0 Å². The van der Waals surface area contributed by atoms with Gasteiger partial charge in [0.1, 0.15) is 0 Å². The van der Waals surface area contributed by atoms with Crippen molar-refractivity contribution in [2.45, 2.75) is 52.1 Å². The van der Waals surface area contributed by atoms with E-state index in [-0.39, 0.29) is 6.10 Å². The fourth-order valence-electron chi connectivity index (χ4n) is 1.99. The molecule has 0 heterocycles. The smallest absolute Gasteiger partial charge is 0.0775 e. The fraction of sp³-hybridized carbons (Fsp3) is 0.818. The molecular formula is C11H20O. The summed E-state index contributed by atoms with van der Waals surface area (Å²) < 4.78 is 0. The molecule has 0 aromatic rings. The van der Waals surface area contributed by atoms with Crippen LogP contribution in [0.5, 0.6) is 0 Å². The normalized spacial score (nSPS) is 24.1. The predicted molar refractivity (Wildman–Crippen MR) is 52.0 cm³/mol. The standard InChI is InChI=1S/C11H20O/c1-3-9(2)11(12)10-7-5-4-6-8-10/h3,10-12H,4-8H2,1-2H3/b9-3+/t11-/m1/s1. The molecule has 1 aliphatic carbocycles. The lowest BCUT2D eigenvalue weighted by Gasteiger charge is -2.27. The molecule has 1 saturated carbocycles. The number of allylic oxidation sites excluding steroid dienone is 1. The first-order chi connectivity index (χ1) is 5.75. The number of rotatable bonds is 2. The van der Waals surface area contributed by atoms with Crippen LogP contribution in [0.4, 0.5) is 0 Å². The topological polar surface area (TPSA) is 20.2 Å². The molecule has 0 aromatic carbocycles. The fourth-order valence-corrected chi connectivity index (χ4v) is 1.99. The molecule has 0 saturated heterocycles. The molecule has 1 aliphatic rings. The number of aliphatic hydroxyl groups is 1.